The van der Waals surface area contributed by atoms with Crippen LogP contribution in [-0.4, -0.2) is 31.7 Å². The zero-order chi connectivity index (χ0) is 20.1. The van der Waals surface area contributed by atoms with E-state index in [9.17, 15) is 13.2 Å². The number of hydrogen-bond donors (Lipinski definition) is 1. The molecule has 1 N–H and O–H groups in total. The summed E-state index contributed by atoms with van der Waals surface area (Å²) in [5.41, 5.74) is 1.99. The van der Waals surface area contributed by atoms with Gasteiger partial charge in [-0.05, 0) is 61.6 Å². The van der Waals surface area contributed by atoms with Crippen molar-refractivity contribution < 1.29 is 13.2 Å². The van der Waals surface area contributed by atoms with Gasteiger partial charge in [0.1, 0.15) is 0 Å². The molecule has 1 atom stereocenters. The monoisotopic (exact) mass is 464 g/mol. The predicted molar refractivity (Wildman–Crippen MR) is 113 cm³/mol. The van der Waals surface area contributed by atoms with Crippen LogP contribution < -0.4 is 5.32 Å². The number of carbonyl (C=O) groups excluding carboxylic acids is 1. The summed E-state index contributed by atoms with van der Waals surface area (Å²) in [6.07, 6.45) is 2.77. The molecule has 2 aromatic carbocycles. The molecule has 0 radical (unpaired) electrons. The van der Waals surface area contributed by atoms with E-state index < -0.39 is 10.0 Å². The normalized spacial score (nSPS) is 16.1. The Bertz CT molecular complexity index is 923. The standard InChI is InChI=1S/C21H25BrN2O3S/c1-16(18-5-4-6-19(22)15-18)23-21(25)12-9-17-7-10-20(11-8-17)28(26,27)24-13-2-3-14-24/h4-8,10-11,15-16H,2-3,9,12-14H2,1H3,(H,23,25). The minimum atomic E-state index is -3.39. The van der Waals surface area contributed by atoms with Gasteiger partial charge >= 0.3 is 0 Å². The second-order valence-corrected chi connectivity index (χ2v) is 9.95. The lowest BCUT2D eigenvalue weighted by atomic mass is 10.1. The van der Waals surface area contributed by atoms with Crippen LogP contribution in [0.2, 0.25) is 0 Å². The number of amides is 1. The van der Waals surface area contributed by atoms with E-state index in [1.54, 1.807) is 28.6 Å². The van der Waals surface area contributed by atoms with Crippen molar-refractivity contribution >= 4 is 31.9 Å². The third kappa shape index (κ3) is 5.21. The highest BCUT2D eigenvalue weighted by atomic mass is 79.9. The lowest BCUT2D eigenvalue weighted by molar-refractivity contribution is -0.121. The zero-order valence-electron chi connectivity index (χ0n) is 15.9. The van der Waals surface area contributed by atoms with Crippen LogP contribution in [0.4, 0.5) is 0 Å². The summed E-state index contributed by atoms with van der Waals surface area (Å²) in [6, 6.07) is 14.7. The van der Waals surface area contributed by atoms with Crippen LogP contribution in [0.5, 0.6) is 0 Å². The van der Waals surface area contributed by atoms with Crippen LogP contribution in [0.3, 0.4) is 0 Å². The van der Waals surface area contributed by atoms with Crippen molar-refractivity contribution in [2.75, 3.05) is 13.1 Å². The van der Waals surface area contributed by atoms with Gasteiger partial charge in [0.05, 0.1) is 10.9 Å². The molecule has 150 valence electrons. The van der Waals surface area contributed by atoms with Crippen molar-refractivity contribution in [3.8, 4) is 0 Å². The Hall–Kier alpha value is -1.70. The molecule has 3 rings (SSSR count). The van der Waals surface area contributed by atoms with Gasteiger partial charge in [0.25, 0.3) is 0 Å². The molecular formula is C21H25BrN2O3S. The van der Waals surface area contributed by atoms with Gasteiger partial charge in [0, 0.05) is 24.0 Å². The van der Waals surface area contributed by atoms with E-state index in [0.717, 1.165) is 28.4 Å². The molecule has 5 nitrogen and oxygen atoms in total. The summed E-state index contributed by atoms with van der Waals surface area (Å²) in [5.74, 6) is -0.0266. The molecule has 1 aliphatic heterocycles. The third-order valence-electron chi connectivity index (χ3n) is 4.99. The molecule has 0 spiro atoms. The van der Waals surface area contributed by atoms with Crippen LogP contribution in [0.1, 0.15) is 43.4 Å². The molecule has 7 heteroatoms. The minimum absolute atomic E-state index is 0.0266. The number of aryl methyl sites for hydroxylation is 1. The fraction of sp³-hybridized carbons (Fsp3) is 0.381. The summed E-state index contributed by atoms with van der Waals surface area (Å²) in [4.78, 5) is 12.6. The van der Waals surface area contributed by atoms with Crippen LogP contribution >= 0.6 is 15.9 Å². The molecule has 1 saturated heterocycles. The summed E-state index contributed by atoms with van der Waals surface area (Å²) in [7, 11) is -3.39. The van der Waals surface area contributed by atoms with Crippen LogP contribution in [0, 0.1) is 0 Å². The molecule has 1 fully saturated rings. The second kappa shape index (κ2) is 9.20. The number of sulfonamides is 1. The Morgan fingerprint density at radius 1 is 1.14 bits per heavy atom. The van der Waals surface area contributed by atoms with E-state index in [0.29, 0.717) is 30.8 Å². The van der Waals surface area contributed by atoms with E-state index in [1.165, 1.54) is 0 Å². The second-order valence-electron chi connectivity index (χ2n) is 7.10. The van der Waals surface area contributed by atoms with E-state index in [2.05, 4.69) is 21.2 Å². The van der Waals surface area contributed by atoms with Crippen molar-refractivity contribution in [1.82, 2.24) is 9.62 Å². The van der Waals surface area contributed by atoms with Crippen molar-refractivity contribution in [3.63, 3.8) is 0 Å². The van der Waals surface area contributed by atoms with Gasteiger partial charge in [-0.3, -0.25) is 4.79 Å². The summed E-state index contributed by atoms with van der Waals surface area (Å²) in [6.45, 7) is 3.15. The smallest absolute Gasteiger partial charge is 0.243 e. The van der Waals surface area contributed by atoms with Gasteiger partial charge < -0.3 is 5.32 Å². The molecule has 1 amide bonds. The number of hydrogen-bond acceptors (Lipinski definition) is 3. The number of nitrogens with one attached hydrogen (secondary N) is 1. The fourth-order valence-corrected chi connectivity index (χ4v) is 5.27. The molecule has 0 saturated carbocycles. The average Bonchev–Trinajstić information content (AvgIpc) is 3.22. The number of benzene rings is 2. The average molecular weight is 465 g/mol. The number of carbonyl (C=O) groups is 1. The fourth-order valence-electron chi connectivity index (χ4n) is 3.34. The lowest BCUT2D eigenvalue weighted by Crippen LogP contribution is -2.27. The predicted octanol–water partition coefficient (Wildman–Crippen LogP) is 4.04. The Morgan fingerprint density at radius 2 is 1.82 bits per heavy atom. The lowest BCUT2D eigenvalue weighted by Gasteiger charge is -2.16. The van der Waals surface area contributed by atoms with Crippen molar-refractivity contribution in [3.05, 3.63) is 64.1 Å². The molecule has 1 unspecified atom stereocenters. The van der Waals surface area contributed by atoms with Crippen LogP contribution in [0.25, 0.3) is 0 Å². The van der Waals surface area contributed by atoms with Crippen molar-refractivity contribution in [1.29, 1.82) is 0 Å². The summed E-state index contributed by atoms with van der Waals surface area (Å²) < 4.78 is 27.6. The van der Waals surface area contributed by atoms with Gasteiger partial charge in [-0.25, -0.2) is 8.42 Å². The maximum atomic E-state index is 12.6. The molecule has 0 bridgehead atoms. The minimum Gasteiger partial charge on any atom is -0.350 e. The Kier molecular flexibility index (Phi) is 6.91. The molecule has 0 aliphatic carbocycles. The number of rotatable bonds is 7. The molecule has 2 aromatic rings. The number of nitrogens with zero attached hydrogens (tertiary/aromatic N) is 1. The Labute approximate surface area is 175 Å². The van der Waals surface area contributed by atoms with E-state index in [4.69, 9.17) is 0 Å². The van der Waals surface area contributed by atoms with Gasteiger partial charge in [-0.2, -0.15) is 4.31 Å². The largest absolute Gasteiger partial charge is 0.350 e. The van der Waals surface area contributed by atoms with Gasteiger partial charge in [-0.15, -0.1) is 0 Å². The SMILES string of the molecule is CC(NC(=O)CCc1ccc(S(=O)(=O)N2CCCC2)cc1)c1cccc(Br)c1. The first-order chi connectivity index (χ1) is 13.4. The van der Waals surface area contributed by atoms with Gasteiger partial charge in [0.2, 0.25) is 15.9 Å². The topological polar surface area (TPSA) is 66.5 Å². The highest BCUT2D eigenvalue weighted by molar-refractivity contribution is 9.10. The van der Waals surface area contributed by atoms with E-state index in [-0.39, 0.29) is 11.9 Å². The quantitative estimate of drug-likeness (QED) is 0.671. The maximum absolute atomic E-state index is 12.6. The molecule has 1 aliphatic rings. The zero-order valence-corrected chi connectivity index (χ0v) is 18.3. The Morgan fingerprint density at radius 3 is 2.46 bits per heavy atom. The van der Waals surface area contributed by atoms with Crippen molar-refractivity contribution in [2.24, 2.45) is 0 Å². The van der Waals surface area contributed by atoms with Gasteiger partial charge in [0.15, 0.2) is 0 Å². The first kappa shape index (κ1) is 21.0. The molecular weight excluding hydrogens is 440 g/mol. The first-order valence-electron chi connectivity index (χ1n) is 9.50. The van der Waals surface area contributed by atoms with Crippen molar-refractivity contribution in [2.45, 2.75) is 43.5 Å². The molecule has 28 heavy (non-hydrogen) atoms. The van der Waals surface area contributed by atoms with Crippen LogP contribution in [0.15, 0.2) is 57.9 Å². The van der Waals surface area contributed by atoms with E-state index >= 15 is 0 Å². The van der Waals surface area contributed by atoms with Gasteiger partial charge in [-0.1, -0.05) is 40.2 Å². The maximum Gasteiger partial charge on any atom is 0.243 e. The summed E-state index contributed by atoms with van der Waals surface area (Å²) in [5, 5.41) is 3.00. The van der Waals surface area contributed by atoms with Crippen LogP contribution in [-0.2, 0) is 21.2 Å². The van der Waals surface area contributed by atoms with E-state index in [1.807, 2.05) is 31.2 Å². The highest BCUT2D eigenvalue weighted by Gasteiger charge is 2.26. The third-order valence-corrected chi connectivity index (χ3v) is 7.40. The number of halogens is 1. The summed E-state index contributed by atoms with van der Waals surface area (Å²) >= 11 is 3.44. The molecule has 0 aromatic heterocycles. The highest BCUT2D eigenvalue weighted by Crippen LogP contribution is 2.22. The first-order valence-corrected chi connectivity index (χ1v) is 11.7. The Balaban J connectivity index is 1.54. The molecule has 1 heterocycles.